The molecule has 18 heavy (non-hydrogen) atoms. The van der Waals surface area contributed by atoms with Crippen molar-refractivity contribution >= 4 is 17.7 Å². The van der Waals surface area contributed by atoms with Gasteiger partial charge in [0.2, 0.25) is 0 Å². The van der Waals surface area contributed by atoms with Gasteiger partial charge in [0.05, 0.1) is 14.2 Å². The van der Waals surface area contributed by atoms with Crippen LogP contribution < -0.4 is 15.2 Å². The van der Waals surface area contributed by atoms with Gasteiger partial charge in [-0.2, -0.15) is 11.8 Å². The number of hydrogen-bond donors (Lipinski definition) is 2. The number of aliphatic carboxylic acids is 1. The predicted molar refractivity (Wildman–Crippen MR) is 71.3 cm³/mol. The van der Waals surface area contributed by atoms with Crippen LogP contribution in [0.3, 0.4) is 0 Å². The zero-order chi connectivity index (χ0) is 13.5. The summed E-state index contributed by atoms with van der Waals surface area (Å²) in [5.74, 6) is 1.50. The van der Waals surface area contributed by atoms with Crippen molar-refractivity contribution in [2.45, 2.75) is 11.8 Å². The highest BCUT2D eigenvalue weighted by molar-refractivity contribution is 7.98. The largest absolute Gasteiger partial charge is 0.497 e. The van der Waals surface area contributed by atoms with Gasteiger partial charge in [0, 0.05) is 17.1 Å². The molecule has 1 unspecified atom stereocenters. The standard InChI is InChI=1S/C12H17NO4S/c1-16-9-3-4-11(17-2)8(5-9)6-18-7-10(13)12(14)15/h3-5,10H,6-7,13H2,1-2H3,(H,14,15). The lowest BCUT2D eigenvalue weighted by Crippen LogP contribution is -2.32. The molecule has 0 amide bonds. The molecule has 1 rings (SSSR count). The summed E-state index contributed by atoms with van der Waals surface area (Å²) in [6.45, 7) is 0. The maximum atomic E-state index is 10.6. The molecule has 0 saturated heterocycles. The second-order valence-electron chi connectivity index (χ2n) is 3.64. The molecule has 0 saturated carbocycles. The van der Waals surface area contributed by atoms with Gasteiger partial charge in [0.25, 0.3) is 0 Å². The molecule has 0 radical (unpaired) electrons. The Kier molecular flexibility index (Phi) is 5.80. The van der Waals surface area contributed by atoms with Crippen LogP contribution in [0.25, 0.3) is 0 Å². The van der Waals surface area contributed by atoms with Crippen LogP contribution >= 0.6 is 11.8 Å². The fraction of sp³-hybridized carbons (Fsp3) is 0.417. The van der Waals surface area contributed by atoms with Gasteiger partial charge in [-0.3, -0.25) is 4.79 Å². The van der Waals surface area contributed by atoms with Crippen molar-refractivity contribution in [2.24, 2.45) is 5.73 Å². The average molecular weight is 271 g/mol. The fourth-order valence-corrected chi connectivity index (χ4v) is 2.32. The van der Waals surface area contributed by atoms with Crippen LogP contribution in [0, 0.1) is 0 Å². The molecule has 0 bridgehead atoms. The molecule has 0 heterocycles. The molecule has 1 atom stereocenters. The molecule has 3 N–H and O–H groups in total. The molecule has 100 valence electrons. The van der Waals surface area contributed by atoms with E-state index >= 15 is 0 Å². The Morgan fingerprint density at radius 2 is 2.17 bits per heavy atom. The summed E-state index contributed by atoms with van der Waals surface area (Å²) in [6.07, 6.45) is 0. The Morgan fingerprint density at radius 1 is 1.44 bits per heavy atom. The van der Waals surface area contributed by atoms with Crippen molar-refractivity contribution in [3.63, 3.8) is 0 Å². The van der Waals surface area contributed by atoms with Crippen LogP contribution in [0.5, 0.6) is 11.5 Å². The molecule has 1 aromatic carbocycles. The number of carboxylic acid groups (broad SMARTS) is 1. The van der Waals surface area contributed by atoms with Crippen molar-refractivity contribution < 1.29 is 19.4 Å². The molecular formula is C12H17NO4S. The fourth-order valence-electron chi connectivity index (χ4n) is 1.36. The van der Waals surface area contributed by atoms with E-state index in [1.807, 2.05) is 18.2 Å². The lowest BCUT2D eigenvalue weighted by molar-refractivity contribution is -0.137. The quantitative estimate of drug-likeness (QED) is 0.779. The third kappa shape index (κ3) is 4.12. The number of carboxylic acids is 1. The maximum Gasteiger partial charge on any atom is 0.321 e. The normalized spacial score (nSPS) is 11.9. The molecule has 1 aromatic rings. The van der Waals surface area contributed by atoms with E-state index in [4.69, 9.17) is 20.3 Å². The SMILES string of the molecule is COc1ccc(OC)c(CSCC(N)C(=O)O)c1. The van der Waals surface area contributed by atoms with Crippen molar-refractivity contribution in [3.8, 4) is 11.5 Å². The van der Waals surface area contributed by atoms with Crippen LogP contribution in [0.15, 0.2) is 18.2 Å². The highest BCUT2D eigenvalue weighted by Crippen LogP contribution is 2.27. The summed E-state index contributed by atoms with van der Waals surface area (Å²) in [7, 11) is 3.19. The van der Waals surface area contributed by atoms with E-state index in [1.165, 1.54) is 11.8 Å². The monoisotopic (exact) mass is 271 g/mol. The Hall–Kier alpha value is -1.40. The van der Waals surface area contributed by atoms with E-state index < -0.39 is 12.0 Å². The van der Waals surface area contributed by atoms with Gasteiger partial charge in [-0.25, -0.2) is 0 Å². The molecule has 0 aliphatic rings. The van der Waals surface area contributed by atoms with Crippen LogP contribution in [-0.2, 0) is 10.5 Å². The first-order valence-electron chi connectivity index (χ1n) is 5.35. The number of nitrogens with two attached hydrogens (primary N) is 1. The van der Waals surface area contributed by atoms with Crippen LogP contribution in [-0.4, -0.2) is 37.1 Å². The first kappa shape index (κ1) is 14.7. The third-order valence-corrected chi connectivity index (χ3v) is 3.47. The Balaban J connectivity index is 2.62. The molecule has 0 spiro atoms. The summed E-state index contributed by atoms with van der Waals surface area (Å²) in [4.78, 5) is 10.6. The first-order valence-corrected chi connectivity index (χ1v) is 6.51. The molecule has 0 fully saturated rings. The smallest absolute Gasteiger partial charge is 0.321 e. The molecule has 0 aromatic heterocycles. The lowest BCUT2D eigenvalue weighted by Gasteiger charge is -2.11. The van der Waals surface area contributed by atoms with Gasteiger partial charge in [-0.15, -0.1) is 0 Å². The number of rotatable bonds is 7. The lowest BCUT2D eigenvalue weighted by atomic mass is 10.2. The number of benzene rings is 1. The van der Waals surface area contributed by atoms with Crippen molar-refractivity contribution in [2.75, 3.05) is 20.0 Å². The van der Waals surface area contributed by atoms with Gasteiger partial charge >= 0.3 is 5.97 Å². The summed E-state index contributed by atoms with van der Waals surface area (Å²) >= 11 is 1.45. The Morgan fingerprint density at radius 3 is 2.72 bits per heavy atom. The van der Waals surface area contributed by atoms with Crippen LogP contribution in [0.2, 0.25) is 0 Å². The average Bonchev–Trinajstić information content (AvgIpc) is 2.38. The minimum absolute atomic E-state index is 0.357. The predicted octanol–water partition coefficient (Wildman–Crippen LogP) is 1.35. The number of methoxy groups -OCH3 is 2. The van der Waals surface area contributed by atoms with Gasteiger partial charge < -0.3 is 20.3 Å². The van der Waals surface area contributed by atoms with E-state index in [-0.39, 0.29) is 0 Å². The molecule has 6 heteroatoms. The van der Waals surface area contributed by atoms with E-state index in [0.29, 0.717) is 11.5 Å². The first-order chi connectivity index (χ1) is 8.58. The van der Waals surface area contributed by atoms with E-state index in [2.05, 4.69) is 0 Å². The van der Waals surface area contributed by atoms with E-state index in [9.17, 15) is 4.79 Å². The summed E-state index contributed by atoms with van der Waals surface area (Å²) in [5, 5.41) is 8.68. The van der Waals surface area contributed by atoms with Gasteiger partial charge in [0.1, 0.15) is 17.5 Å². The highest BCUT2D eigenvalue weighted by atomic mass is 32.2. The van der Waals surface area contributed by atoms with Gasteiger partial charge in [0.15, 0.2) is 0 Å². The number of hydrogen-bond acceptors (Lipinski definition) is 5. The molecular weight excluding hydrogens is 254 g/mol. The number of thioether (sulfide) groups is 1. The molecule has 0 aliphatic heterocycles. The Labute approximate surface area is 110 Å². The summed E-state index contributed by atoms with van der Waals surface area (Å²) < 4.78 is 10.4. The van der Waals surface area contributed by atoms with E-state index in [1.54, 1.807) is 14.2 Å². The molecule has 0 aliphatic carbocycles. The van der Waals surface area contributed by atoms with Crippen LogP contribution in [0.4, 0.5) is 0 Å². The van der Waals surface area contributed by atoms with Crippen molar-refractivity contribution in [1.82, 2.24) is 0 Å². The zero-order valence-electron chi connectivity index (χ0n) is 10.4. The minimum Gasteiger partial charge on any atom is -0.497 e. The topological polar surface area (TPSA) is 81.8 Å². The highest BCUT2D eigenvalue weighted by Gasteiger charge is 2.12. The maximum absolute atomic E-state index is 10.6. The van der Waals surface area contributed by atoms with Crippen molar-refractivity contribution in [3.05, 3.63) is 23.8 Å². The number of ether oxygens (including phenoxy) is 2. The minimum atomic E-state index is -0.986. The summed E-state index contributed by atoms with van der Waals surface area (Å²) in [5.41, 5.74) is 6.39. The molecule has 5 nitrogen and oxygen atoms in total. The second kappa shape index (κ2) is 7.13. The third-order valence-electron chi connectivity index (χ3n) is 2.36. The second-order valence-corrected chi connectivity index (χ2v) is 4.67. The van der Waals surface area contributed by atoms with E-state index in [0.717, 1.165) is 17.1 Å². The van der Waals surface area contributed by atoms with Crippen molar-refractivity contribution in [1.29, 1.82) is 0 Å². The van der Waals surface area contributed by atoms with Gasteiger partial charge in [-0.05, 0) is 18.2 Å². The Bertz CT molecular complexity index is 411. The van der Waals surface area contributed by atoms with Crippen LogP contribution in [0.1, 0.15) is 5.56 Å². The zero-order valence-corrected chi connectivity index (χ0v) is 11.2. The number of carbonyl (C=O) groups is 1. The van der Waals surface area contributed by atoms with Gasteiger partial charge in [-0.1, -0.05) is 0 Å². The summed E-state index contributed by atoms with van der Waals surface area (Å²) in [6, 6.07) is 4.67.